The second-order valence-corrected chi connectivity index (χ2v) is 2.65. The van der Waals surface area contributed by atoms with Gasteiger partial charge in [-0.1, -0.05) is 45.9 Å². The number of allylic oxidation sites excluding steroid dienone is 1. The molecule has 0 atom stereocenters. The molecular weight excluding hydrogens is 198 g/mol. The fourth-order valence-electron chi connectivity index (χ4n) is 1.24. The summed E-state index contributed by atoms with van der Waals surface area (Å²) in [6, 6.07) is 7.23. The SMILES string of the molecule is CC.CC.Oc1ccccc1C1=CCC=N1. The molecule has 2 nitrogen and oxygen atoms in total. The van der Waals surface area contributed by atoms with Gasteiger partial charge in [0.05, 0.1) is 5.70 Å². The summed E-state index contributed by atoms with van der Waals surface area (Å²) in [4.78, 5) is 4.14. The van der Waals surface area contributed by atoms with Crippen LogP contribution in [0.25, 0.3) is 5.70 Å². The number of rotatable bonds is 1. The van der Waals surface area contributed by atoms with E-state index in [4.69, 9.17) is 0 Å². The number of nitrogens with zero attached hydrogens (tertiary/aromatic N) is 1. The molecule has 1 aliphatic rings. The van der Waals surface area contributed by atoms with Gasteiger partial charge in [-0.25, -0.2) is 0 Å². The number of aliphatic imine (C=N–C) groups is 1. The van der Waals surface area contributed by atoms with Gasteiger partial charge in [0.2, 0.25) is 0 Å². The predicted octanol–water partition coefficient (Wildman–Crippen LogP) is 4.26. The molecule has 2 rings (SSSR count). The zero-order valence-electron chi connectivity index (χ0n) is 10.6. The zero-order valence-corrected chi connectivity index (χ0v) is 10.6. The van der Waals surface area contributed by atoms with Gasteiger partial charge in [-0.05, 0) is 12.1 Å². The molecule has 1 aromatic rings. The number of benzene rings is 1. The normalized spacial score (nSPS) is 11.9. The van der Waals surface area contributed by atoms with E-state index in [1.807, 2.05) is 52.1 Å². The van der Waals surface area contributed by atoms with E-state index < -0.39 is 0 Å². The lowest BCUT2D eigenvalue weighted by molar-refractivity contribution is 0.473. The summed E-state index contributed by atoms with van der Waals surface area (Å²) in [5.41, 5.74) is 1.68. The lowest BCUT2D eigenvalue weighted by atomic mass is 10.1. The molecule has 1 N–H and O–H groups in total. The first kappa shape index (κ1) is 14.4. The molecule has 0 aliphatic carbocycles. The van der Waals surface area contributed by atoms with Crippen LogP contribution in [-0.4, -0.2) is 11.3 Å². The largest absolute Gasteiger partial charge is 0.507 e. The Hall–Kier alpha value is -1.57. The van der Waals surface area contributed by atoms with Crippen LogP contribution >= 0.6 is 0 Å². The third-order valence-corrected chi connectivity index (χ3v) is 1.83. The van der Waals surface area contributed by atoms with Gasteiger partial charge in [0.25, 0.3) is 0 Å². The van der Waals surface area contributed by atoms with E-state index in [-0.39, 0.29) is 0 Å². The third-order valence-electron chi connectivity index (χ3n) is 1.83. The molecule has 88 valence electrons. The van der Waals surface area contributed by atoms with Gasteiger partial charge in [-0.3, -0.25) is 4.99 Å². The number of para-hydroxylation sites is 1. The average Bonchev–Trinajstić information content (AvgIpc) is 2.88. The minimum absolute atomic E-state index is 0.294. The van der Waals surface area contributed by atoms with Crippen molar-refractivity contribution < 1.29 is 5.11 Å². The predicted molar refractivity (Wildman–Crippen MR) is 71.9 cm³/mol. The van der Waals surface area contributed by atoms with Gasteiger partial charge in [-0.15, -0.1) is 0 Å². The molecule has 0 aromatic heterocycles. The highest BCUT2D eigenvalue weighted by Gasteiger charge is 2.06. The molecule has 1 heterocycles. The molecule has 16 heavy (non-hydrogen) atoms. The smallest absolute Gasteiger partial charge is 0.124 e. The Morgan fingerprint density at radius 3 is 2.19 bits per heavy atom. The van der Waals surface area contributed by atoms with E-state index in [1.54, 1.807) is 12.1 Å². The summed E-state index contributed by atoms with van der Waals surface area (Å²) in [6.45, 7) is 8.00. The fourth-order valence-corrected chi connectivity index (χ4v) is 1.24. The average molecular weight is 219 g/mol. The fraction of sp³-hybridized carbons (Fsp3) is 0.357. The van der Waals surface area contributed by atoms with Crippen molar-refractivity contribution in [2.75, 3.05) is 0 Å². The monoisotopic (exact) mass is 219 g/mol. The van der Waals surface area contributed by atoms with E-state index in [2.05, 4.69) is 4.99 Å². The highest BCUT2D eigenvalue weighted by molar-refractivity contribution is 5.82. The minimum atomic E-state index is 0.294. The molecule has 2 heteroatoms. The van der Waals surface area contributed by atoms with Gasteiger partial charge in [0.1, 0.15) is 5.75 Å². The van der Waals surface area contributed by atoms with E-state index in [9.17, 15) is 5.11 Å². The molecule has 0 fully saturated rings. The molecule has 0 bridgehead atoms. The topological polar surface area (TPSA) is 32.6 Å². The zero-order chi connectivity index (χ0) is 12.4. The second-order valence-electron chi connectivity index (χ2n) is 2.65. The molecule has 0 saturated carbocycles. The van der Waals surface area contributed by atoms with E-state index in [1.165, 1.54) is 0 Å². The van der Waals surface area contributed by atoms with Crippen molar-refractivity contribution in [3.05, 3.63) is 35.9 Å². The first-order valence-corrected chi connectivity index (χ1v) is 5.89. The maximum Gasteiger partial charge on any atom is 0.124 e. The summed E-state index contributed by atoms with van der Waals surface area (Å²) in [6.07, 6.45) is 4.69. The van der Waals surface area contributed by atoms with Gasteiger partial charge in [0.15, 0.2) is 0 Å². The van der Waals surface area contributed by atoms with Crippen LogP contribution in [0, 0.1) is 0 Å². The number of hydrogen-bond acceptors (Lipinski definition) is 2. The second kappa shape index (κ2) is 8.72. The van der Waals surface area contributed by atoms with Crippen molar-refractivity contribution in [3.8, 4) is 5.75 Å². The molecule has 0 radical (unpaired) electrons. The highest BCUT2D eigenvalue weighted by atomic mass is 16.3. The Morgan fingerprint density at radius 1 is 1.06 bits per heavy atom. The Kier molecular flexibility index (Phi) is 7.86. The summed E-state index contributed by atoms with van der Waals surface area (Å²) < 4.78 is 0. The Balaban J connectivity index is 0.000000509. The van der Waals surface area contributed by atoms with Crippen LogP contribution in [0.2, 0.25) is 0 Å². The van der Waals surface area contributed by atoms with Crippen molar-refractivity contribution in [2.45, 2.75) is 34.1 Å². The van der Waals surface area contributed by atoms with Gasteiger partial charge in [-0.2, -0.15) is 0 Å². The summed E-state index contributed by atoms with van der Waals surface area (Å²) >= 11 is 0. The molecule has 0 saturated heterocycles. The lowest BCUT2D eigenvalue weighted by Gasteiger charge is -2.00. The van der Waals surface area contributed by atoms with Crippen molar-refractivity contribution in [3.63, 3.8) is 0 Å². The number of aromatic hydroxyl groups is 1. The minimum Gasteiger partial charge on any atom is -0.507 e. The molecular formula is C14H21NO. The van der Waals surface area contributed by atoms with Crippen LogP contribution in [0.4, 0.5) is 0 Å². The first-order chi connectivity index (χ1) is 7.88. The summed E-state index contributed by atoms with van der Waals surface area (Å²) in [7, 11) is 0. The number of phenols is 1. The maximum atomic E-state index is 9.46. The summed E-state index contributed by atoms with van der Waals surface area (Å²) in [5, 5.41) is 9.46. The van der Waals surface area contributed by atoms with Crippen molar-refractivity contribution in [1.82, 2.24) is 0 Å². The van der Waals surface area contributed by atoms with Crippen LogP contribution in [0.15, 0.2) is 35.3 Å². The number of hydrogen-bond donors (Lipinski definition) is 1. The van der Waals surface area contributed by atoms with Gasteiger partial charge in [0, 0.05) is 18.2 Å². The molecule has 0 spiro atoms. The Bertz CT molecular complexity index is 354. The quantitative estimate of drug-likeness (QED) is 0.752. The van der Waals surface area contributed by atoms with Crippen LogP contribution in [0.1, 0.15) is 39.7 Å². The van der Waals surface area contributed by atoms with E-state index >= 15 is 0 Å². The van der Waals surface area contributed by atoms with Crippen molar-refractivity contribution in [2.24, 2.45) is 4.99 Å². The van der Waals surface area contributed by atoms with E-state index in [0.29, 0.717) is 5.75 Å². The molecule has 1 aliphatic heterocycles. The Morgan fingerprint density at radius 2 is 1.69 bits per heavy atom. The van der Waals surface area contributed by atoms with Gasteiger partial charge < -0.3 is 5.11 Å². The molecule has 0 amide bonds. The lowest BCUT2D eigenvalue weighted by Crippen LogP contribution is -1.78. The summed E-state index contributed by atoms with van der Waals surface area (Å²) in [5.74, 6) is 0.294. The molecule has 1 aromatic carbocycles. The van der Waals surface area contributed by atoms with Crippen molar-refractivity contribution >= 4 is 11.9 Å². The van der Waals surface area contributed by atoms with Crippen molar-refractivity contribution in [1.29, 1.82) is 0 Å². The Labute approximate surface area is 98.4 Å². The standard InChI is InChI=1S/C10H9NO.2C2H6/c12-10-6-2-1-4-8(10)9-5-3-7-11-9;2*1-2/h1-2,4-7,12H,3H2;2*1-2H3. The molecule has 0 unspecified atom stereocenters. The first-order valence-electron chi connectivity index (χ1n) is 5.89. The van der Waals surface area contributed by atoms with E-state index in [0.717, 1.165) is 17.7 Å². The van der Waals surface area contributed by atoms with Crippen LogP contribution in [-0.2, 0) is 0 Å². The highest BCUT2D eigenvalue weighted by Crippen LogP contribution is 2.27. The number of phenolic OH excluding ortho intramolecular Hbond substituents is 1. The van der Waals surface area contributed by atoms with Crippen LogP contribution in [0.3, 0.4) is 0 Å². The van der Waals surface area contributed by atoms with Crippen LogP contribution in [0.5, 0.6) is 5.75 Å². The van der Waals surface area contributed by atoms with Gasteiger partial charge >= 0.3 is 0 Å². The van der Waals surface area contributed by atoms with Crippen LogP contribution < -0.4 is 0 Å². The maximum absolute atomic E-state index is 9.46. The third kappa shape index (κ3) is 3.89.